The van der Waals surface area contributed by atoms with E-state index in [1.807, 2.05) is 6.07 Å². The lowest BCUT2D eigenvalue weighted by molar-refractivity contribution is -0.122. The zero-order valence-electron chi connectivity index (χ0n) is 11.7. The third-order valence-corrected chi connectivity index (χ3v) is 4.19. The number of nitrogens with two attached hydrogens (primary N) is 1. The largest absolute Gasteiger partial charge is 0.354 e. The van der Waals surface area contributed by atoms with E-state index in [0.29, 0.717) is 12.5 Å². The lowest BCUT2D eigenvalue weighted by Crippen LogP contribution is -2.45. The Kier molecular flexibility index (Phi) is 5.35. The van der Waals surface area contributed by atoms with Crippen LogP contribution in [0.1, 0.15) is 39.0 Å². The van der Waals surface area contributed by atoms with Crippen LogP contribution >= 0.6 is 11.3 Å². The van der Waals surface area contributed by atoms with E-state index in [4.69, 9.17) is 5.73 Å². The first kappa shape index (κ1) is 15.2. The van der Waals surface area contributed by atoms with Crippen LogP contribution in [0.25, 0.3) is 0 Å². The average Bonchev–Trinajstić information content (AvgIpc) is 2.78. The predicted molar refractivity (Wildman–Crippen MR) is 77.8 cm³/mol. The van der Waals surface area contributed by atoms with E-state index in [9.17, 15) is 4.79 Å². The number of nitrogens with one attached hydrogen (secondary N) is 1. The number of carbonyl (C=O) groups is 1. The van der Waals surface area contributed by atoms with E-state index in [1.54, 1.807) is 11.3 Å². The zero-order chi connectivity index (χ0) is 13.8. The molecule has 1 unspecified atom stereocenters. The van der Waals surface area contributed by atoms with Gasteiger partial charge in [-0.05, 0) is 23.8 Å². The Morgan fingerprint density at radius 1 is 1.50 bits per heavy atom. The van der Waals surface area contributed by atoms with Gasteiger partial charge in [0.15, 0.2) is 0 Å². The summed E-state index contributed by atoms with van der Waals surface area (Å²) in [6, 6.07) is 3.74. The van der Waals surface area contributed by atoms with Gasteiger partial charge in [-0.25, -0.2) is 0 Å². The molecule has 4 heteroatoms. The highest BCUT2D eigenvalue weighted by Gasteiger charge is 2.24. The van der Waals surface area contributed by atoms with Crippen molar-refractivity contribution >= 4 is 17.2 Å². The van der Waals surface area contributed by atoms with Crippen molar-refractivity contribution in [2.75, 3.05) is 6.54 Å². The SMILES string of the molecule is CC(C)CC(N)C(=O)NCC(C)(C)c1cccs1. The zero-order valence-corrected chi connectivity index (χ0v) is 12.5. The summed E-state index contributed by atoms with van der Waals surface area (Å²) in [7, 11) is 0. The molecule has 1 rings (SSSR count). The molecule has 0 radical (unpaired) electrons. The fourth-order valence-electron chi connectivity index (χ4n) is 1.80. The Hall–Kier alpha value is -0.870. The lowest BCUT2D eigenvalue weighted by Gasteiger charge is -2.25. The normalized spacial score (nSPS) is 13.7. The molecule has 18 heavy (non-hydrogen) atoms. The molecule has 3 N–H and O–H groups in total. The van der Waals surface area contributed by atoms with Crippen molar-refractivity contribution in [1.82, 2.24) is 5.32 Å². The van der Waals surface area contributed by atoms with Crippen molar-refractivity contribution in [3.05, 3.63) is 22.4 Å². The Morgan fingerprint density at radius 3 is 2.67 bits per heavy atom. The summed E-state index contributed by atoms with van der Waals surface area (Å²) in [4.78, 5) is 13.1. The number of amides is 1. The van der Waals surface area contributed by atoms with Crippen LogP contribution in [0.15, 0.2) is 17.5 Å². The molecule has 0 saturated carbocycles. The summed E-state index contributed by atoms with van der Waals surface area (Å²) < 4.78 is 0. The van der Waals surface area contributed by atoms with Crippen molar-refractivity contribution in [2.24, 2.45) is 11.7 Å². The minimum absolute atomic E-state index is 0.0403. The van der Waals surface area contributed by atoms with Gasteiger partial charge in [0, 0.05) is 16.8 Å². The van der Waals surface area contributed by atoms with Gasteiger partial charge in [0.25, 0.3) is 0 Å². The second-order valence-electron chi connectivity index (χ2n) is 5.82. The van der Waals surface area contributed by atoms with Gasteiger partial charge < -0.3 is 11.1 Å². The fourth-order valence-corrected chi connectivity index (χ4v) is 2.66. The van der Waals surface area contributed by atoms with Crippen molar-refractivity contribution in [1.29, 1.82) is 0 Å². The van der Waals surface area contributed by atoms with Crippen LogP contribution in [0.2, 0.25) is 0 Å². The van der Waals surface area contributed by atoms with Crippen LogP contribution in [0, 0.1) is 5.92 Å². The van der Waals surface area contributed by atoms with Crippen molar-refractivity contribution < 1.29 is 4.79 Å². The maximum absolute atomic E-state index is 11.9. The molecule has 0 bridgehead atoms. The second kappa shape index (κ2) is 6.34. The van der Waals surface area contributed by atoms with Gasteiger partial charge in [0.1, 0.15) is 0 Å². The summed E-state index contributed by atoms with van der Waals surface area (Å²) in [5.74, 6) is 0.393. The average molecular weight is 268 g/mol. The summed E-state index contributed by atoms with van der Waals surface area (Å²) in [5, 5.41) is 5.02. The van der Waals surface area contributed by atoms with Gasteiger partial charge in [-0.3, -0.25) is 4.79 Å². The highest BCUT2D eigenvalue weighted by atomic mass is 32.1. The van der Waals surface area contributed by atoms with Gasteiger partial charge in [0.05, 0.1) is 6.04 Å². The number of hydrogen-bond acceptors (Lipinski definition) is 3. The smallest absolute Gasteiger partial charge is 0.236 e. The highest BCUT2D eigenvalue weighted by molar-refractivity contribution is 7.10. The molecule has 3 nitrogen and oxygen atoms in total. The van der Waals surface area contributed by atoms with Crippen LogP contribution in [0.4, 0.5) is 0 Å². The number of hydrogen-bond donors (Lipinski definition) is 2. The van der Waals surface area contributed by atoms with Gasteiger partial charge in [-0.1, -0.05) is 33.8 Å². The Morgan fingerprint density at radius 2 is 2.17 bits per heavy atom. The molecule has 1 aromatic rings. The summed E-state index contributed by atoms with van der Waals surface area (Å²) in [6.07, 6.45) is 0.727. The molecule has 1 heterocycles. The fraction of sp³-hybridized carbons (Fsp3) is 0.643. The van der Waals surface area contributed by atoms with Crippen LogP contribution in [0.5, 0.6) is 0 Å². The minimum atomic E-state index is -0.399. The molecule has 0 fully saturated rings. The van der Waals surface area contributed by atoms with E-state index >= 15 is 0 Å². The van der Waals surface area contributed by atoms with Gasteiger partial charge >= 0.3 is 0 Å². The standard InChI is InChI=1S/C14H24N2OS/c1-10(2)8-11(15)13(17)16-9-14(3,4)12-6-5-7-18-12/h5-7,10-11H,8-9,15H2,1-4H3,(H,16,17). The van der Waals surface area contributed by atoms with Crippen molar-refractivity contribution in [3.8, 4) is 0 Å². The topological polar surface area (TPSA) is 55.1 Å². The maximum Gasteiger partial charge on any atom is 0.236 e. The van der Waals surface area contributed by atoms with Crippen LogP contribution in [-0.4, -0.2) is 18.5 Å². The Labute approximate surface area is 114 Å². The first-order valence-corrected chi connectivity index (χ1v) is 7.28. The lowest BCUT2D eigenvalue weighted by atomic mass is 9.91. The molecule has 102 valence electrons. The first-order valence-electron chi connectivity index (χ1n) is 6.40. The summed E-state index contributed by atoms with van der Waals surface area (Å²) >= 11 is 1.72. The quantitative estimate of drug-likeness (QED) is 0.833. The molecule has 0 aromatic carbocycles. The molecule has 1 atom stereocenters. The first-order chi connectivity index (χ1) is 8.33. The second-order valence-corrected chi connectivity index (χ2v) is 6.76. The molecule has 0 aliphatic rings. The molecular weight excluding hydrogens is 244 g/mol. The van der Waals surface area contributed by atoms with Crippen LogP contribution in [-0.2, 0) is 10.2 Å². The van der Waals surface area contributed by atoms with Gasteiger partial charge in [-0.2, -0.15) is 0 Å². The summed E-state index contributed by atoms with van der Waals surface area (Å²) in [6.45, 7) is 9.03. The number of carbonyl (C=O) groups excluding carboxylic acids is 1. The van der Waals surface area contributed by atoms with Crippen LogP contribution < -0.4 is 11.1 Å². The molecular formula is C14H24N2OS. The van der Waals surface area contributed by atoms with Crippen LogP contribution in [0.3, 0.4) is 0 Å². The molecule has 0 saturated heterocycles. The van der Waals surface area contributed by atoms with Gasteiger partial charge in [0.2, 0.25) is 5.91 Å². The maximum atomic E-state index is 11.9. The van der Waals surface area contributed by atoms with E-state index in [1.165, 1.54) is 4.88 Å². The predicted octanol–water partition coefficient (Wildman–Crippen LogP) is 2.52. The molecule has 1 amide bonds. The third kappa shape index (κ3) is 4.42. The molecule has 0 aliphatic heterocycles. The van der Waals surface area contributed by atoms with Crippen molar-refractivity contribution in [3.63, 3.8) is 0 Å². The van der Waals surface area contributed by atoms with E-state index in [2.05, 4.69) is 44.5 Å². The highest BCUT2D eigenvalue weighted by Crippen LogP contribution is 2.26. The molecule has 0 aliphatic carbocycles. The van der Waals surface area contributed by atoms with E-state index in [-0.39, 0.29) is 11.3 Å². The van der Waals surface area contributed by atoms with E-state index in [0.717, 1.165) is 6.42 Å². The van der Waals surface area contributed by atoms with Gasteiger partial charge in [-0.15, -0.1) is 11.3 Å². The Balaban J connectivity index is 2.47. The van der Waals surface area contributed by atoms with E-state index < -0.39 is 6.04 Å². The molecule has 0 spiro atoms. The minimum Gasteiger partial charge on any atom is -0.354 e. The number of thiophene rings is 1. The Bertz CT molecular complexity index is 371. The third-order valence-electron chi connectivity index (χ3n) is 2.95. The van der Waals surface area contributed by atoms with Crippen molar-refractivity contribution in [2.45, 2.75) is 45.6 Å². The number of rotatable bonds is 6. The monoisotopic (exact) mass is 268 g/mol. The molecule has 1 aromatic heterocycles. The summed E-state index contributed by atoms with van der Waals surface area (Å²) in [5.41, 5.74) is 5.82.